The topological polar surface area (TPSA) is 49.8 Å². The Morgan fingerprint density at radius 3 is 2.70 bits per heavy atom. The van der Waals surface area contributed by atoms with Gasteiger partial charge in [-0.2, -0.15) is 0 Å². The van der Waals surface area contributed by atoms with Crippen molar-refractivity contribution in [1.29, 1.82) is 0 Å². The van der Waals surface area contributed by atoms with Gasteiger partial charge in [-0.3, -0.25) is 4.79 Å². The van der Waals surface area contributed by atoms with Crippen LogP contribution in [0.2, 0.25) is 0 Å². The van der Waals surface area contributed by atoms with Gasteiger partial charge in [-0.15, -0.1) is 11.8 Å². The lowest BCUT2D eigenvalue weighted by Crippen LogP contribution is -2.51. The predicted molar refractivity (Wildman–Crippen MR) is 109 cm³/mol. The first-order chi connectivity index (χ1) is 13.0. The van der Waals surface area contributed by atoms with Crippen LogP contribution < -0.4 is 4.74 Å². The van der Waals surface area contributed by atoms with Crippen LogP contribution >= 0.6 is 11.8 Å². The van der Waals surface area contributed by atoms with E-state index in [1.165, 1.54) is 17.3 Å². The van der Waals surface area contributed by atoms with E-state index in [9.17, 15) is 9.90 Å². The van der Waals surface area contributed by atoms with Crippen molar-refractivity contribution >= 4 is 17.7 Å². The first kappa shape index (κ1) is 19.8. The van der Waals surface area contributed by atoms with Crippen LogP contribution in [-0.2, 0) is 4.79 Å². The first-order valence-electron chi connectivity index (χ1n) is 9.43. The summed E-state index contributed by atoms with van der Waals surface area (Å²) in [6, 6.07) is 17.9. The van der Waals surface area contributed by atoms with Crippen LogP contribution in [0.3, 0.4) is 0 Å². The number of piperidine rings is 1. The number of hydrogen-bond donors (Lipinski definition) is 1. The van der Waals surface area contributed by atoms with E-state index in [0.29, 0.717) is 31.2 Å². The highest BCUT2D eigenvalue weighted by atomic mass is 32.2. The molecule has 2 atom stereocenters. The quantitative estimate of drug-likeness (QED) is 0.765. The van der Waals surface area contributed by atoms with Crippen LogP contribution in [0.1, 0.15) is 31.7 Å². The van der Waals surface area contributed by atoms with Crippen LogP contribution in [-0.4, -0.2) is 47.0 Å². The first-order valence-corrected chi connectivity index (χ1v) is 10.4. The van der Waals surface area contributed by atoms with Crippen molar-refractivity contribution in [2.45, 2.75) is 43.3 Å². The van der Waals surface area contributed by atoms with E-state index >= 15 is 0 Å². The summed E-state index contributed by atoms with van der Waals surface area (Å²) >= 11 is 1.53. The second-order valence-corrected chi connectivity index (χ2v) is 8.23. The summed E-state index contributed by atoms with van der Waals surface area (Å²) in [4.78, 5) is 15.3. The fourth-order valence-electron chi connectivity index (χ4n) is 3.15. The van der Waals surface area contributed by atoms with Gasteiger partial charge in [0.1, 0.15) is 18.0 Å². The van der Waals surface area contributed by atoms with Crippen molar-refractivity contribution in [3.8, 4) is 5.75 Å². The third-order valence-corrected chi connectivity index (χ3v) is 5.79. The molecule has 0 aliphatic carbocycles. The zero-order valence-electron chi connectivity index (χ0n) is 15.9. The minimum absolute atomic E-state index is 0.0585. The van der Waals surface area contributed by atoms with E-state index in [2.05, 4.69) is 19.9 Å². The number of rotatable bonds is 6. The van der Waals surface area contributed by atoms with Gasteiger partial charge in [0.15, 0.2) is 0 Å². The standard InChI is InChI=1S/C22H27NO3S/c1-16(2)17-7-6-8-18(13-17)26-21-11-12-23(14-20(21)24)22(25)15-27-19-9-4-3-5-10-19/h3-10,13,16,20-21,24H,11-12,14-15H2,1-2H3/t20-,21-/m1/s1. The second kappa shape index (κ2) is 9.29. The second-order valence-electron chi connectivity index (χ2n) is 7.18. The number of likely N-dealkylation sites (tertiary alicyclic amines) is 1. The van der Waals surface area contributed by atoms with Crippen molar-refractivity contribution in [3.05, 3.63) is 60.2 Å². The van der Waals surface area contributed by atoms with Crippen molar-refractivity contribution < 1.29 is 14.6 Å². The smallest absolute Gasteiger partial charge is 0.233 e. The Morgan fingerprint density at radius 2 is 2.00 bits per heavy atom. The number of ether oxygens (including phenoxy) is 1. The van der Waals surface area contributed by atoms with Gasteiger partial charge in [0.05, 0.1) is 12.3 Å². The SMILES string of the molecule is CC(C)c1cccc(O[C@@H]2CCN(C(=O)CSc3ccccc3)C[C@H]2O)c1. The summed E-state index contributed by atoms with van der Waals surface area (Å²) in [5, 5.41) is 10.5. The van der Waals surface area contributed by atoms with Gasteiger partial charge in [-0.1, -0.05) is 44.2 Å². The molecule has 0 unspecified atom stereocenters. The van der Waals surface area contributed by atoms with E-state index in [1.807, 2.05) is 48.5 Å². The molecule has 3 rings (SSSR count). The van der Waals surface area contributed by atoms with Gasteiger partial charge in [0.2, 0.25) is 5.91 Å². The predicted octanol–water partition coefficient (Wildman–Crippen LogP) is 3.94. The Bertz CT molecular complexity index is 750. The summed E-state index contributed by atoms with van der Waals surface area (Å²) in [6.07, 6.45) is -0.320. The number of hydrogen-bond acceptors (Lipinski definition) is 4. The van der Waals surface area contributed by atoms with Crippen molar-refractivity contribution in [1.82, 2.24) is 4.90 Å². The number of thioether (sulfide) groups is 1. The number of carbonyl (C=O) groups is 1. The summed E-state index contributed by atoms with van der Waals surface area (Å²) in [5.74, 6) is 1.66. The summed E-state index contributed by atoms with van der Waals surface area (Å²) in [5.41, 5.74) is 1.22. The molecule has 144 valence electrons. The normalized spacial score (nSPS) is 19.9. The Balaban J connectivity index is 1.51. The summed E-state index contributed by atoms with van der Waals surface area (Å²) in [6.45, 7) is 5.22. The molecular weight excluding hydrogens is 358 g/mol. The molecule has 0 radical (unpaired) electrons. The Labute approximate surface area is 165 Å². The average Bonchev–Trinajstić information content (AvgIpc) is 2.68. The van der Waals surface area contributed by atoms with Crippen LogP contribution in [0, 0.1) is 0 Å². The van der Waals surface area contributed by atoms with Gasteiger partial charge in [-0.05, 0) is 35.7 Å². The van der Waals surface area contributed by atoms with Crippen LogP contribution in [0.15, 0.2) is 59.5 Å². The van der Waals surface area contributed by atoms with Crippen LogP contribution in [0.25, 0.3) is 0 Å². The molecule has 27 heavy (non-hydrogen) atoms. The van der Waals surface area contributed by atoms with Gasteiger partial charge in [0.25, 0.3) is 0 Å². The zero-order valence-corrected chi connectivity index (χ0v) is 16.7. The van der Waals surface area contributed by atoms with E-state index in [4.69, 9.17) is 4.74 Å². The minimum Gasteiger partial charge on any atom is -0.488 e. The molecule has 0 spiro atoms. The lowest BCUT2D eigenvalue weighted by molar-refractivity contribution is -0.134. The number of carbonyl (C=O) groups excluding carboxylic acids is 1. The number of benzene rings is 2. The molecule has 4 nitrogen and oxygen atoms in total. The maximum absolute atomic E-state index is 12.5. The number of amides is 1. The van der Waals surface area contributed by atoms with Crippen molar-refractivity contribution in [2.75, 3.05) is 18.8 Å². The van der Waals surface area contributed by atoms with Crippen LogP contribution in [0.5, 0.6) is 5.75 Å². The molecule has 1 amide bonds. The molecule has 1 aliphatic rings. The maximum Gasteiger partial charge on any atom is 0.233 e. The number of β-amino-alcohol motifs (C(OH)–C–C–N with tert-alkyl or cyclic N) is 1. The molecule has 5 heteroatoms. The van der Waals surface area contributed by atoms with Gasteiger partial charge in [0, 0.05) is 17.9 Å². The molecule has 2 aromatic rings. The number of aliphatic hydroxyl groups is 1. The lowest BCUT2D eigenvalue weighted by atomic mass is 10.0. The summed E-state index contributed by atoms with van der Waals surface area (Å²) in [7, 11) is 0. The highest BCUT2D eigenvalue weighted by Crippen LogP contribution is 2.24. The molecule has 2 aromatic carbocycles. The van der Waals surface area contributed by atoms with Crippen molar-refractivity contribution in [2.24, 2.45) is 0 Å². The fraction of sp³-hybridized carbons (Fsp3) is 0.409. The monoisotopic (exact) mass is 385 g/mol. The molecule has 1 fully saturated rings. The van der Waals surface area contributed by atoms with E-state index in [-0.39, 0.29) is 12.0 Å². The fourth-order valence-corrected chi connectivity index (χ4v) is 3.97. The number of aliphatic hydroxyl groups excluding tert-OH is 1. The molecule has 1 heterocycles. The third-order valence-electron chi connectivity index (χ3n) is 4.79. The molecule has 0 saturated carbocycles. The van der Waals surface area contributed by atoms with Crippen molar-refractivity contribution in [3.63, 3.8) is 0 Å². The van der Waals surface area contributed by atoms with Gasteiger partial charge < -0.3 is 14.7 Å². The number of nitrogens with zero attached hydrogens (tertiary/aromatic N) is 1. The third kappa shape index (κ3) is 5.50. The molecule has 1 saturated heterocycles. The van der Waals surface area contributed by atoms with E-state index in [1.54, 1.807) is 4.90 Å². The molecule has 1 aliphatic heterocycles. The molecular formula is C22H27NO3S. The maximum atomic E-state index is 12.5. The molecule has 1 N–H and O–H groups in total. The van der Waals surface area contributed by atoms with Crippen LogP contribution in [0.4, 0.5) is 0 Å². The largest absolute Gasteiger partial charge is 0.488 e. The molecule has 0 bridgehead atoms. The van der Waals surface area contributed by atoms with Gasteiger partial charge in [-0.25, -0.2) is 0 Å². The summed E-state index contributed by atoms with van der Waals surface area (Å²) < 4.78 is 6.02. The Hall–Kier alpha value is -1.98. The minimum atomic E-state index is -0.674. The Kier molecular flexibility index (Phi) is 6.80. The Morgan fingerprint density at radius 1 is 1.22 bits per heavy atom. The highest BCUT2D eigenvalue weighted by Gasteiger charge is 2.31. The van der Waals surface area contributed by atoms with E-state index < -0.39 is 6.10 Å². The molecule has 0 aromatic heterocycles. The lowest BCUT2D eigenvalue weighted by Gasteiger charge is -2.36. The van der Waals surface area contributed by atoms with Gasteiger partial charge >= 0.3 is 0 Å². The van der Waals surface area contributed by atoms with E-state index in [0.717, 1.165) is 10.6 Å². The zero-order chi connectivity index (χ0) is 19.2. The average molecular weight is 386 g/mol. The highest BCUT2D eigenvalue weighted by molar-refractivity contribution is 8.00.